The first kappa shape index (κ1) is 22.3. The fourth-order valence-electron chi connectivity index (χ4n) is 4.30. The Morgan fingerprint density at radius 1 is 0.971 bits per heavy atom. The summed E-state index contributed by atoms with van der Waals surface area (Å²) in [5, 5.41) is 2.84. The first-order chi connectivity index (χ1) is 16.4. The van der Waals surface area contributed by atoms with Crippen molar-refractivity contribution in [2.45, 2.75) is 36.6 Å². The van der Waals surface area contributed by atoms with Gasteiger partial charge in [0.25, 0.3) is 5.91 Å². The Hall–Kier alpha value is -3.49. The molecule has 0 aliphatic heterocycles. The summed E-state index contributed by atoms with van der Waals surface area (Å²) in [5.74, 6) is 0.196. The highest BCUT2D eigenvalue weighted by atomic mass is 32.2. The lowest BCUT2D eigenvalue weighted by molar-refractivity contribution is 0.102. The number of hydrogen-bond acceptors (Lipinski definition) is 5. The minimum atomic E-state index is -3.58. The number of rotatable bonds is 6. The molecule has 3 aromatic carbocycles. The van der Waals surface area contributed by atoms with E-state index in [2.05, 4.69) is 10.3 Å². The molecule has 1 aromatic heterocycles. The maximum atomic E-state index is 12.9. The number of sulfonamides is 1. The summed E-state index contributed by atoms with van der Waals surface area (Å²) >= 11 is 0. The average molecular weight is 476 g/mol. The van der Waals surface area contributed by atoms with Crippen molar-refractivity contribution in [2.24, 2.45) is 0 Å². The molecule has 0 saturated heterocycles. The maximum absolute atomic E-state index is 12.9. The molecule has 1 saturated carbocycles. The summed E-state index contributed by atoms with van der Waals surface area (Å²) in [5.41, 5.74) is 3.30. The van der Waals surface area contributed by atoms with Crippen molar-refractivity contribution in [3.63, 3.8) is 0 Å². The summed E-state index contributed by atoms with van der Waals surface area (Å²) in [6.07, 6.45) is 3.89. The summed E-state index contributed by atoms with van der Waals surface area (Å²) in [7, 11) is -1.94. The Bertz CT molecular complexity index is 1390. The maximum Gasteiger partial charge on any atom is 0.255 e. The lowest BCUT2D eigenvalue weighted by Crippen LogP contribution is -2.35. The second-order valence-electron chi connectivity index (χ2n) is 8.50. The molecular formula is C26H25N3O4S. The molecular weight excluding hydrogens is 450 g/mol. The van der Waals surface area contributed by atoms with Gasteiger partial charge in [-0.05, 0) is 73.5 Å². The number of aromatic nitrogens is 1. The molecule has 1 aliphatic carbocycles. The first-order valence-electron chi connectivity index (χ1n) is 11.3. The van der Waals surface area contributed by atoms with Gasteiger partial charge in [0, 0.05) is 29.9 Å². The molecule has 0 bridgehead atoms. The number of amides is 1. The van der Waals surface area contributed by atoms with Crippen LogP contribution in [0.3, 0.4) is 0 Å². The molecule has 1 aliphatic rings. The quantitative estimate of drug-likeness (QED) is 0.408. The van der Waals surface area contributed by atoms with Crippen LogP contribution in [0.15, 0.2) is 82.1 Å². The number of nitrogens with zero attached hydrogens (tertiary/aromatic N) is 2. The first-order valence-corrected chi connectivity index (χ1v) is 12.7. The van der Waals surface area contributed by atoms with Gasteiger partial charge in [-0.2, -0.15) is 4.31 Å². The summed E-state index contributed by atoms with van der Waals surface area (Å²) in [6.45, 7) is 0. The molecule has 0 spiro atoms. The summed E-state index contributed by atoms with van der Waals surface area (Å²) < 4.78 is 33.1. The van der Waals surface area contributed by atoms with Crippen molar-refractivity contribution in [1.29, 1.82) is 0 Å². The van der Waals surface area contributed by atoms with Crippen molar-refractivity contribution in [1.82, 2.24) is 9.29 Å². The number of anilines is 1. The van der Waals surface area contributed by atoms with Crippen LogP contribution in [0.5, 0.6) is 0 Å². The molecule has 1 N–H and O–H groups in total. The van der Waals surface area contributed by atoms with Gasteiger partial charge in [0.15, 0.2) is 5.58 Å². The monoisotopic (exact) mass is 475 g/mol. The van der Waals surface area contributed by atoms with E-state index >= 15 is 0 Å². The lowest BCUT2D eigenvalue weighted by Gasteiger charge is -2.23. The van der Waals surface area contributed by atoms with E-state index in [4.69, 9.17) is 4.42 Å². The molecule has 174 valence electrons. The predicted molar refractivity (Wildman–Crippen MR) is 131 cm³/mol. The van der Waals surface area contributed by atoms with Gasteiger partial charge >= 0.3 is 0 Å². The SMILES string of the molecule is CN(C1CCCC1)S(=O)(=O)c1ccc(C(=O)Nc2ccc(-c3nc4ccccc4o3)cc2)cc1. The molecule has 0 radical (unpaired) electrons. The van der Waals surface area contributed by atoms with Crippen LogP contribution < -0.4 is 5.32 Å². The van der Waals surface area contributed by atoms with Crippen LogP contribution in [0, 0.1) is 0 Å². The molecule has 7 nitrogen and oxygen atoms in total. The van der Waals surface area contributed by atoms with Crippen molar-refractivity contribution >= 4 is 32.7 Å². The second kappa shape index (κ2) is 9.04. The Morgan fingerprint density at radius 3 is 2.32 bits per heavy atom. The Labute approximate surface area is 198 Å². The number of para-hydroxylation sites is 2. The molecule has 8 heteroatoms. The van der Waals surface area contributed by atoms with Crippen LogP contribution in [-0.4, -0.2) is 36.7 Å². The van der Waals surface area contributed by atoms with Gasteiger partial charge < -0.3 is 9.73 Å². The molecule has 0 atom stereocenters. The normalized spacial score (nSPS) is 14.6. The summed E-state index contributed by atoms with van der Waals surface area (Å²) in [6, 6.07) is 20.9. The summed E-state index contributed by atoms with van der Waals surface area (Å²) in [4.78, 5) is 17.4. The van der Waals surface area contributed by atoms with Gasteiger partial charge in [0.1, 0.15) is 5.52 Å². The van der Waals surface area contributed by atoms with Gasteiger partial charge in [-0.15, -0.1) is 0 Å². The average Bonchev–Trinajstić information content (AvgIpc) is 3.54. The van der Waals surface area contributed by atoms with Gasteiger partial charge in [-0.25, -0.2) is 13.4 Å². The van der Waals surface area contributed by atoms with E-state index in [1.54, 1.807) is 19.2 Å². The standard InChI is InChI=1S/C26H25N3O4S/c1-29(21-6-2-3-7-21)34(31,32)22-16-12-18(13-17-22)25(30)27-20-14-10-19(11-15-20)26-28-23-8-4-5-9-24(23)33-26/h4-5,8-17,21H,2-3,6-7H2,1H3,(H,27,30). The van der Waals surface area contributed by atoms with E-state index < -0.39 is 10.0 Å². The second-order valence-corrected chi connectivity index (χ2v) is 10.5. The van der Waals surface area contributed by atoms with Gasteiger partial charge in [0.2, 0.25) is 15.9 Å². The highest BCUT2D eigenvalue weighted by molar-refractivity contribution is 7.89. The third-order valence-electron chi connectivity index (χ3n) is 6.32. The molecule has 34 heavy (non-hydrogen) atoms. The smallest absolute Gasteiger partial charge is 0.255 e. The zero-order valence-electron chi connectivity index (χ0n) is 18.8. The fraction of sp³-hybridized carbons (Fsp3) is 0.231. The lowest BCUT2D eigenvalue weighted by atomic mass is 10.2. The van der Waals surface area contributed by atoms with Crippen molar-refractivity contribution in [3.8, 4) is 11.5 Å². The van der Waals surface area contributed by atoms with Gasteiger partial charge in [-0.1, -0.05) is 25.0 Å². The molecule has 1 amide bonds. The molecule has 5 rings (SSSR count). The number of carbonyl (C=O) groups excluding carboxylic acids is 1. The van der Waals surface area contributed by atoms with Crippen LogP contribution >= 0.6 is 0 Å². The van der Waals surface area contributed by atoms with E-state index in [0.717, 1.165) is 42.3 Å². The third-order valence-corrected chi connectivity index (χ3v) is 8.24. The van der Waals surface area contributed by atoms with Crippen LogP contribution in [0.25, 0.3) is 22.6 Å². The number of benzene rings is 3. The van der Waals surface area contributed by atoms with Gasteiger partial charge in [0.05, 0.1) is 4.90 Å². The number of nitrogens with one attached hydrogen (secondary N) is 1. The minimum absolute atomic E-state index is 0.0470. The van der Waals surface area contributed by atoms with Gasteiger partial charge in [-0.3, -0.25) is 4.79 Å². The van der Waals surface area contributed by atoms with Crippen molar-refractivity contribution < 1.29 is 17.6 Å². The number of hydrogen-bond donors (Lipinski definition) is 1. The number of carbonyl (C=O) groups is 1. The Balaban J connectivity index is 1.27. The third kappa shape index (κ3) is 4.34. The zero-order chi connectivity index (χ0) is 23.7. The zero-order valence-corrected chi connectivity index (χ0v) is 19.6. The van der Waals surface area contributed by atoms with Crippen LogP contribution in [0.4, 0.5) is 5.69 Å². The molecule has 1 heterocycles. The van der Waals surface area contributed by atoms with Crippen molar-refractivity contribution in [3.05, 3.63) is 78.4 Å². The van der Waals surface area contributed by atoms with E-state index in [0.29, 0.717) is 17.1 Å². The number of fused-ring (bicyclic) bond motifs is 1. The largest absolute Gasteiger partial charge is 0.436 e. The minimum Gasteiger partial charge on any atom is -0.436 e. The fourth-order valence-corrected chi connectivity index (χ4v) is 5.72. The highest BCUT2D eigenvalue weighted by Crippen LogP contribution is 2.28. The van der Waals surface area contributed by atoms with Crippen LogP contribution in [0.2, 0.25) is 0 Å². The van der Waals surface area contributed by atoms with E-state index in [1.807, 2.05) is 36.4 Å². The number of oxazole rings is 1. The predicted octanol–water partition coefficient (Wildman–Crippen LogP) is 5.31. The van der Waals surface area contributed by atoms with E-state index in [9.17, 15) is 13.2 Å². The van der Waals surface area contributed by atoms with Crippen LogP contribution in [-0.2, 0) is 10.0 Å². The van der Waals surface area contributed by atoms with E-state index in [-0.39, 0.29) is 16.8 Å². The Morgan fingerprint density at radius 2 is 1.65 bits per heavy atom. The molecule has 0 unspecified atom stereocenters. The van der Waals surface area contributed by atoms with Crippen LogP contribution in [0.1, 0.15) is 36.0 Å². The van der Waals surface area contributed by atoms with Crippen molar-refractivity contribution in [2.75, 3.05) is 12.4 Å². The molecule has 4 aromatic rings. The topological polar surface area (TPSA) is 92.5 Å². The highest BCUT2D eigenvalue weighted by Gasteiger charge is 2.30. The Kier molecular flexibility index (Phi) is 5.93. The van der Waals surface area contributed by atoms with E-state index in [1.165, 1.54) is 28.6 Å². The molecule has 1 fully saturated rings.